The fourth-order valence-electron chi connectivity index (χ4n) is 4.41. The molecule has 0 amide bonds. The van der Waals surface area contributed by atoms with Crippen LogP contribution in [0.25, 0.3) is 0 Å². The summed E-state index contributed by atoms with van der Waals surface area (Å²) in [4.78, 5) is 16.9. The van der Waals surface area contributed by atoms with Gasteiger partial charge in [0.2, 0.25) is 5.95 Å². The van der Waals surface area contributed by atoms with Crippen molar-refractivity contribution in [2.75, 3.05) is 43.2 Å². The molecule has 2 aliphatic rings. The van der Waals surface area contributed by atoms with Gasteiger partial charge in [-0.1, -0.05) is 43.8 Å². The van der Waals surface area contributed by atoms with Crippen LogP contribution in [0, 0.1) is 0 Å². The molecule has 34 heavy (non-hydrogen) atoms. The van der Waals surface area contributed by atoms with Gasteiger partial charge in [-0.3, -0.25) is 9.36 Å². The summed E-state index contributed by atoms with van der Waals surface area (Å²) in [6, 6.07) is 7.97. The Labute approximate surface area is 201 Å². The number of aromatic nitrogens is 3. The Morgan fingerprint density at radius 1 is 1.24 bits per heavy atom. The van der Waals surface area contributed by atoms with Crippen molar-refractivity contribution in [2.45, 2.75) is 49.3 Å². The third-order valence-corrected chi connectivity index (χ3v) is 7.33. The number of carbonyl (C=O) groups is 1. The third-order valence-electron chi connectivity index (χ3n) is 6.23. The van der Waals surface area contributed by atoms with E-state index in [1.807, 2.05) is 36.2 Å². The molecule has 7 nitrogen and oxygen atoms in total. The summed E-state index contributed by atoms with van der Waals surface area (Å²) in [5.74, 6) is -0.0459. The number of fused-ring (bicyclic) bond motifs is 1. The number of allylic oxidation sites excluding steroid dienone is 2. The minimum absolute atomic E-state index is 0.0698. The molecule has 0 radical (unpaired) electrons. The minimum Gasteiger partial charge on any atom is -0.378 e. The Balaban J connectivity index is 1.57. The van der Waals surface area contributed by atoms with Crippen LogP contribution in [0.3, 0.4) is 0 Å². The van der Waals surface area contributed by atoms with Gasteiger partial charge in [-0.05, 0) is 18.6 Å². The predicted octanol–water partition coefficient (Wildman–Crippen LogP) is 4.04. The van der Waals surface area contributed by atoms with Crippen molar-refractivity contribution >= 4 is 29.2 Å². The van der Waals surface area contributed by atoms with E-state index in [1.165, 1.54) is 0 Å². The number of nitrogens with zero attached hydrogens (tertiary/aromatic N) is 5. The molecule has 1 saturated heterocycles. The summed E-state index contributed by atoms with van der Waals surface area (Å²) in [5.41, 5.74) is 2.63. The number of likely N-dealkylation sites (N-methyl/N-ethyl adjacent to an activating group) is 1. The van der Waals surface area contributed by atoms with E-state index < -0.39 is 18.0 Å². The van der Waals surface area contributed by atoms with E-state index in [4.69, 9.17) is 4.74 Å². The molecular formula is C23H28F3N5O2S. The zero-order valence-electron chi connectivity index (χ0n) is 19.6. The number of para-hydroxylation sites is 1. The quantitative estimate of drug-likeness (QED) is 0.443. The van der Waals surface area contributed by atoms with Gasteiger partial charge in [0.1, 0.15) is 6.54 Å². The summed E-state index contributed by atoms with van der Waals surface area (Å²) in [6.07, 6.45) is -2.85. The number of ketones is 1. The number of halogens is 3. The van der Waals surface area contributed by atoms with E-state index in [2.05, 4.69) is 24.0 Å². The second kappa shape index (κ2) is 9.26. The second-order valence-electron chi connectivity index (χ2n) is 8.98. The van der Waals surface area contributed by atoms with Crippen LogP contribution in [-0.2, 0) is 21.5 Å². The molecular weight excluding hydrogens is 467 g/mol. The van der Waals surface area contributed by atoms with Crippen LogP contribution in [0.5, 0.6) is 0 Å². The number of ether oxygens (including phenoxy) is 1. The molecule has 1 fully saturated rings. The first kappa shape index (κ1) is 24.6. The van der Waals surface area contributed by atoms with Crippen molar-refractivity contribution in [3.8, 4) is 0 Å². The molecule has 2 aromatic rings. The zero-order chi connectivity index (χ0) is 24.7. The Bertz CT molecular complexity index is 1090. The standard InChI is InChI=1S/C23H28F3N5O2S/c1-15(18(32)13-19-22(2,3)16-7-5-6-8-17(16)29(19)4)34-21-28-27-20(30-9-11-33-12-10-30)31(21)14-23(24,25)26/h5-8,13,15H,9-12,14H2,1-4H3/b19-13+. The fourth-order valence-corrected chi connectivity index (χ4v) is 5.27. The normalized spacial score (nSPS) is 20.0. The number of morpholine rings is 1. The molecule has 0 aliphatic carbocycles. The number of anilines is 2. The van der Waals surface area contributed by atoms with Gasteiger partial charge in [0.15, 0.2) is 10.9 Å². The minimum atomic E-state index is -4.45. The molecule has 1 unspecified atom stereocenters. The fraction of sp³-hybridized carbons (Fsp3) is 0.522. The summed E-state index contributed by atoms with van der Waals surface area (Å²) in [6.45, 7) is 6.27. The average Bonchev–Trinajstić information content (AvgIpc) is 3.25. The van der Waals surface area contributed by atoms with E-state index in [1.54, 1.807) is 17.9 Å². The third kappa shape index (κ3) is 4.81. The van der Waals surface area contributed by atoms with Crippen LogP contribution in [0.1, 0.15) is 26.3 Å². The Hall–Kier alpha value is -2.53. The van der Waals surface area contributed by atoms with E-state index in [0.29, 0.717) is 26.3 Å². The summed E-state index contributed by atoms with van der Waals surface area (Å²) < 4.78 is 46.4. The van der Waals surface area contributed by atoms with Crippen LogP contribution in [-0.4, -0.2) is 65.3 Å². The molecule has 0 bridgehead atoms. The molecule has 2 aliphatic heterocycles. The first-order chi connectivity index (χ1) is 16.0. The van der Waals surface area contributed by atoms with Crippen molar-refractivity contribution in [3.05, 3.63) is 41.6 Å². The van der Waals surface area contributed by atoms with E-state index in [0.717, 1.165) is 33.3 Å². The smallest absolute Gasteiger partial charge is 0.378 e. The number of hydrogen-bond donors (Lipinski definition) is 0. The highest BCUT2D eigenvalue weighted by atomic mass is 32.2. The first-order valence-electron chi connectivity index (χ1n) is 11.1. The maximum absolute atomic E-state index is 13.4. The van der Waals surface area contributed by atoms with Crippen LogP contribution < -0.4 is 9.80 Å². The molecule has 1 aromatic carbocycles. The number of thioether (sulfide) groups is 1. The topological polar surface area (TPSA) is 63.5 Å². The van der Waals surface area contributed by atoms with Gasteiger partial charge < -0.3 is 14.5 Å². The van der Waals surface area contributed by atoms with Crippen molar-refractivity contribution in [1.29, 1.82) is 0 Å². The van der Waals surface area contributed by atoms with Crippen molar-refractivity contribution in [2.24, 2.45) is 0 Å². The van der Waals surface area contributed by atoms with Gasteiger partial charge in [0, 0.05) is 43.0 Å². The lowest BCUT2D eigenvalue weighted by Crippen LogP contribution is -2.38. The number of alkyl halides is 3. The lowest BCUT2D eigenvalue weighted by molar-refractivity contribution is -0.141. The summed E-state index contributed by atoms with van der Waals surface area (Å²) in [7, 11) is 1.92. The Morgan fingerprint density at radius 3 is 2.56 bits per heavy atom. The molecule has 3 heterocycles. The molecule has 11 heteroatoms. The number of rotatable bonds is 6. The largest absolute Gasteiger partial charge is 0.406 e. The number of hydrogen-bond acceptors (Lipinski definition) is 7. The summed E-state index contributed by atoms with van der Waals surface area (Å²) in [5, 5.41) is 7.47. The van der Waals surface area contributed by atoms with Gasteiger partial charge in [-0.15, -0.1) is 10.2 Å². The van der Waals surface area contributed by atoms with E-state index in [9.17, 15) is 18.0 Å². The van der Waals surface area contributed by atoms with Gasteiger partial charge >= 0.3 is 6.18 Å². The molecule has 0 N–H and O–H groups in total. The number of carbonyl (C=O) groups excluding carboxylic acids is 1. The van der Waals surface area contributed by atoms with Crippen molar-refractivity contribution in [1.82, 2.24) is 14.8 Å². The molecule has 0 spiro atoms. The zero-order valence-corrected chi connectivity index (χ0v) is 20.4. The Kier molecular flexibility index (Phi) is 6.69. The highest BCUT2D eigenvalue weighted by molar-refractivity contribution is 8.00. The molecule has 1 atom stereocenters. The van der Waals surface area contributed by atoms with Crippen molar-refractivity contribution < 1.29 is 22.7 Å². The van der Waals surface area contributed by atoms with E-state index >= 15 is 0 Å². The van der Waals surface area contributed by atoms with Crippen LogP contribution in [0.2, 0.25) is 0 Å². The maximum atomic E-state index is 13.4. The van der Waals surface area contributed by atoms with Crippen LogP contribution in [0.4, 0.5) is 24.8 Å². The Morgan fingerprint density at radius 2 is 1.91 bits per heavy atom. The van der Waals surface area contributed by atoms with E-state index in [-0.39, 0.29) is 22.3 Å². The SMILES string of the molecule is CC(Sc1nnc(N2CCOCC2)n1CC(F)(F)F)C(=O)/C=C1/N(C)c2ccccc2C1(C)C. The molecule has 0 saturated carbocycles. The van der Waals surface area contributed by atoms with Gasteiger partial charge in [0.25, 0.3) is 0 Å². The molecule has 1 aromatic heterocycles. The van der Waals surface area contributed by atoms with Crippen LogP contribution in [0.15, 0.2) is 41.2 Å². The van der Waals surface area contributed by atoms with Crippen LogP contribution >= 0.6 is 11.8 Å². The lowest BCUT2D eigenvalue weighted by Gasteiger charge is -2.28. The second-order valence-corrected chi connectivity index (χ2v) is 10.3. The van der Waals surface area contributed by atoms with Gasteiger partial charge in [-0.25, -0.2) is 0 Å². The highest BCUT2D eigenvalue weighted by Crippen LogP contribution is 2.46. The number of benzene rings is 1. The predicted molar refractivity (Wildman–Crippen MR) is 125 cm³/mol. The highest BCUT2D eigenvalue weighted by Gasteiger charge is 2.39. The summed E-state index contributed by atoms with van der Waals surface area (Å²) >= 11 is 0.991. The van der Waals surface area contributed by atoms with Gasteiger partial charge in [0.05, 0.1) is 18.5 Å². The maximum Gasteiger partial charge on any atom is 0.406 e. The lowest BCUT2D eigenvalue weighted by atomic mass is 9.83. The van der Waals surface area contributed by atoms with Gasteiger partial charge in [-0.2, -0.15) is 13.2 Å². The average molecular weight is 496 g/mol. The monoisotopic (exact) mass is 495 g/mol. The first-order valence-corrected chi connectivity index (χ1v) is 12.0. The molecule has 184 valence electrons. The molecule has 4 rings (SSSR count). The van der Waals surface area contributed by atoms with Crippen molar-refractivity contribution in [3.63, 3.8) is 0 Å².